The summed E-state index contributed by atoms with van der Waals surface area (Å²) in [7, 11) is 0. The lowest BCUT2D eigenvalue weighted by molar-refractivity contribution is -0.0546. The van der Waals surface area contributed by atoms with Crippen LogP contribution in [0.4, 0.5) is 0 Å². The lowest BCUT2D eigenvalue weighted by Crippen LogP contribution is -2.33. The highest BCUT2D eigenvalue weighted by molar-refractivity contribution is 8.00. The van der Waals surface area contributed by atoms with Crippen molar-refractivity contribution in [1.82, 2.24) is 19.6 Å². The number of ether oxygens (including phenoxy) is 1. The van der Waals surface area contributed by atoms with Crippen LogP contribution in [0.15, 0.2) is 40.6 Å². The molecule has 0 bridgehead atoms. The molecular weight excluding hydrogens is 472 g/mol. The minimum atomic E-state index is -0.129. The molecule has 4 aromatic rings. The zero-order valence-electron chi connectivity index (χ0n) is 19.0. The summed E-state index contributed by atoms with van der Waals surface area (Å²) in [5, 5.41) is 10.6. The van der Waals surface area contributed by atoms with Crippen LogP contribution in [0.25, 0.3) is 15.9 Å². The lowest BCUT2D eigenvalue weighted by atomic mass is 9.93. The molecule has 1 aromatic carbocycles. The van der Waals surface area contributed by atoms with Crippen molar-refractivity contribution in [3.8, 4) is 0 Å². The van der Waals surface area contributed by atoms with Crippen LogP contribution in [0.5, 0.6) is 0 Å². The summed E-state index contributed by atoms with van der Waals surface area (Å²) in [6, 6.07) is 9.38. The predicted octanol–water partition coefficient (Wildman–Crippen LogP) is 6.06. The Morgan fingerprint density at radius 2 is 2.00 bits per heavy atom. The number of thiophene rings is 1. The van der Waals surface area contributed by atoms with Crippen molar-refractivity contribution < 1.29 is 9.53 Å². The summed E-state index contributed by atoms with van der Waals surface area (Å²) in [6.07, 6.45) is 2.91. The molecule has 33 heavy (non-hydrogen) atoms. The van der Waals surface area contributed by atoms with Crippen LogP contribution in [0.2, 0.25) is 0 Å². The summed E-state index contributed by atoms with van der Waals surface area (Å²) in [6.45, 7) is 7.10. The molecule has 0 N–H and O–H groups in total. The van der Waals surface area contributed by atoms with Gasteiger partial charge in [0.15, 0.2) is 21.7 Å². The number of Topliss-reactive ketones (excluding diaryl/α,β-unsaturated/α-hetero) is 1. The molecule has 1 atom stereocenters. The SMILES string of the molecule is CCCSc1nc2c3c(sc2c2nnc(SCC(=O)c4ccccc4)n12)CC(C)(CC)OC3. The fourth-order valence-electron chi connectivity index (χ4n) is 3.88. The van der Waals surface area contributed by atoms with Crippen LogP contribution in [-0.4, -0.2) is 42.5 Å². The van der Waals surface area contributed by atoms with Crippen molar-refractivity contribution in [2.24, 2.45) is 0 Å². The van der Waals surface area contributed by atoms with Gasteiger partial charge in [-0.2, -0.15) is 0 Å². The first-order valence-corrected chi connectivity index (χ1v) is 14.0. The Labute approximate surface area is 205 Å². The molecule has 0 spiro atoms. The minimum Gasteiger partial charge on any atom is -0.370 e. The fourth-order valence-corrected chi connectivity index (χ4v) is 7.01. The number of hydrogen-bond donors (Lipinski definition) is 0. The van der Waals surface area contributed by atoms with Crippen LogP contribution in [-0.2, 0) is 17.8 Å². The van der Waals surface area contributed by atoms with E-state index in [1.807, 2.05) is 34.7 Å². The number of nitrogens with zero attached hydrogens (tertiary/aromatic N) is 4. The van der Waals surface area contributed by atoms with Gasteiger partial charge >= 0.3 is 0 Å². The molecule has 1 aliphatic rings. The van der Waals surface area contributed by atoms with Gasteiger partial charge in [-0.05, 0) is 19.8 Å². The second-order valence-corrected chi connectivity index (χ2v) is 11.5. The number of benzene rings is 1. The highest BCUT2D eigenvalue weighted by atomic mass is 32.2. The highest BCUT2D eigenvalue weighted by Crippen LogP contribution is 2.42. The third-order valence-electron chi connectivity index (χ3n) is 6.01. The van der Waals surface area contributed by atoms with E-state index < -0.39 is 0 Å². The zero-order valence-corrected chi connectivity index (χ0v) is 21.4. The number of thioether (sulfide) groups is 2. The van der Waals surface area contributed by atoms with E-state index in [9.17, 15) is 4.79 Å². The van der Waals surface area contributed by atoms with E-state index in [1.165, 1.54) is 22.2 Å². The maximum atomic E-state index is 12.7. The van der Waals surface area contributed by atoms with Crippen LogP contribution < -0.4 is 0 Å². The number of rotatable bonds is 8. The number of hydrogen-bond acceptors (Lipinski definition) is 8. The quantitative estimate of drug-likeness (QED) is 0.166. The Morgan fingerprint density at radius 1 is 1.18 bits per heavy atom. The average Bonchev–Trinajstić information content (AvgIpc) is 3.42. The van der Waals surface area contributed by atoms with Gasteiger partial charge in [-0.15, -0.1) is 21.5 Å². The molecule has 4 heterocycles. The number of ketones is 1. The van der Waals surface area contributed by atoms with Gasteiger partial charge in [-0.25, -0.2) is 9.38 Å². The second kappa shape index (κ2) is 9.37. The first-order chi connectivity index (χ1) is 16.0. The first-order valence-electron chi connectivity index (χ1n) is 11.2. The van der Waals surface area contributed by atoms with Crippen LogP contribution >= 0.6 is 34.9 Å². The monoisotopic (exact) mass is 498 g/mol. The number of carbonyl (C=O) groups is 1. The van der Waals surface area contributed by atoms with Crippen LogP contribution in [0.1, 0.15) is 54.4 Å². The molecule has 0 fully saturated rings. The molecule has 5 rings (SSSR count). The summed E-state index contributed by atoms with van der Waals surface area (Å²) in [5.74, 6) is 1.34. The molecule has 1 unspecified atom stereocenters. The Balaban J connectivity index is 1.55. The van der Waals surface area contributed by atoms with Gasteiger partial charge < -0.3 is 4.74 Å². The molecular formula is C24H26N4O2S3. The Morgan fingerprint density at radius 3 is 2.76 bits per heavy atom. The zero-order chi connectivity index (χ0) is 23.0. The molecule has 0 saturated heterocycles. The molecule has 0 saturated carbocycles. The van der Waals surface area contributed by atoms with Crippen LogP contribution in [0.3, 0.4) is 0 Å². The third kappa shape index (κ3) is 4.32. The summed E-state index contributed by atoms with van der Waals surface area (Å²) in [4.78, 5) is 19.1. The van der Waals surface area contributed by atoms with Crippen LogP contribution in [0, 0.1) is 0 Å². The molecule has 0 radical (unpaired) electrons. The lowest BCUT2D eigenvalue weighted by Gasteiger charge is -2.32. The van der Waals surface area contributed by atoms with E-state index >= 15 is 0 Å². The third-order valence-corrected chi connectivity index (χ3v) is 9.30. The van der Waals surface area contributed by atoms with E-state index in [4.69, 9.17) is 9.72 Å². The van der Waals surface area contributed by atoms with E-state index in [0.717, 1.165) is 46.0 Å². The number of aromatic nitrogens is 4. The normalized spacial score (nSPS) is 18.2. The summed E-state index contributed by atoms with van der Waals surface area (Å²) in [5.41, 5.74) is 3.59. The molecule has 0 amide bonds. The Kier molecular flexibility index (Phi) is 6.48. The van der Waals surface area contributed by atoms with Crippen molar-refractivity contribution in [3.63, 3.8) is 0 Å². The largest absolute Gasteiger partial charge is 0.370 e. The molecule has 1 aliphatic heterocycles. The highest BCUT2D eigenvalue weighted by Gasteiger charge is 2.33. The van der Waals surface area contributed by atoms with Gasteiger partial charge in [-0.1, -0.05) is 67.7 Å². The van der Waals surface area contributed by atoms with Gasteiger partial charge in [0.25, 0.3) is 0 Å². The van der Waals surface area contributed by atoms with E-state index in [1.54, 1.807) is 23.1 Å². The predicted molar refractivity (Wildman–Crippen MR) is 136 cm³/mol. The van der Waals surface area contributed by atoms with E-state index in [2.05, 4.69) is 31.0 Å². The molecule has 9 heteroatoms. The van der Waals surface area contributed by atoms with Gasteiger partial charge in [-0.3, -0.25) is 4.79 Å². The van der Waals surface area contributed by atoms with Crippen molar-refractivity contribution in [2.75, 3.05) is 11.5 Å². The molecule has 172 valence electrons. The van der Waals surface area contributed by atoms with Gasteiger partial charge in [0.05, 0.1) is 28.2 Å². The number of fused-ring (bicyclic) bond motifs is 5. The standard InChI is InChI=1S/C24H26N4O2S3/c1-4-11-31-22-25-19-16-13-30-24(3,5-2)12-18(16)33-20(19)21-26-27-23(28(21)22)32-14-17(29)15-9-7-6-8-10-15/h6-10H,4-5,11-14H2,1-3H3. The van der Waals surface area contributed by atoms with Gasteiger partial charge in [0, 0.05) is 28.2 Å². The second-order valence-electron chi connectivity index (χ2n) is 8.41. The van der Waals surface area contributed by atoms with Gasteiger partial charge in [0.2, 0.25) is 0 Å². The minimum absolute atomic E-state index is 0.0803. The maximum absolute atomic E-state index is 12.7. The maximum Gasteiger partial charge on any atom is 0.198 e. The topological polar surface area (TPSA) is 69.4 Å². The van der Waals surface area contributed by atoms with E-state index in [0.29, 0.717) is 23.1 Å². The van der Waals surface area contributed by atoms with Crippen molar-refractivity contribution >= 4 is 56.5 Å². The van der Waals surface area contributed by atoms with E-state index in [-0.39, 0.29) is 11.4 Å². The fraction of sp³-hybridized carbons (Fsp3) is 0.417. The molecule has 6 nitrogen and oxygen atoms in total. The smallest absolute Gasteiger partial charge is 0.198 e. The number of carbonyl (C=O) groups excluding carboxylic acids is 1. The summed E-state index contributed by atoms with van der Waals surface area (Å²) < 4.78 is 9.32. The average molecular weight is 499 g/mol. The van der Waals surface area contributed by atoms with Crippen molar-refractivity contribution in [1.29, 1.82) is 0 Å². The Bertz CT molecular complexity index is 1320. The molecule has 0 aliphatic carbocycles. The van der Waals surface area contributed by atoms with Crippen molar-refractivity contribution in [2.45, 2.75) is 62.6 Å². The summed E-state index contributed by atoms with van der Waals surface area (Å²) >= 11 is 4.89. The molecule has 3 aromatic heterocycles. The van der Waals surface area contributed by atoms with Crippen molar-refractivity contribution in [3.05, 3.63) is 46.3 Å². The first kappa shape index (κ1) is 22.8. The Hall–Kier alpha value is -1.94. The van der Waals surface area contributed by atoms with Gasteiger partial charge in [0.1, 0.15) is 0 Å².